The Morgan fingerprint density at radius 3 is 0.946 bits per heavy atom. The molecule has 0 saturated carbocycles. The van der Waals surface area contributed by atoms with Gasteiger partial charge in [0, 0.05) is 72.7 Å². The predicted molar refractivity (Wildman–Crippen MR) is 353 cm³/mol. The van der Waals surface area contributed by atoms with Gasteiger partial charge in [-0.3, -0.25) is 0 Å². The fourth-order valence-electron chi connectivity index (χ4n) is 11.3. The molecule has 0 spiro atoms. The van der Waals surface area contributed by atoms with Crippen LogP contribution in [0.25, 0.3) is 0 Å². The number of ether oxygens (including phenoxy) is 19. The topological polar surface area (TPSA) is 216 Å². The van der Waals surface area contributed by atoms with Crippen LogP contribution in [-0.2, 0) is 90.0 Å². The molecule has 4 heterocycles. The molecule has 4 fully saturated rings. The van der Waals surface area contributed by atoms with Gasteiger partial charge in [-0.1, -0.05) is 153 Å². The monoisotopic (exact) mass is 1320 g/mol. The SMILES string of the molecule is C=CCO[C@H]1OC(CO[C@@H]2OC(COCCCC)[C@@H](OCCCC)C(OCCCC)[C@@H]2O)[C@@H](O[C@@H]2OC(COCCCC)[C@@H](OCCCC)[C@H](OCCCC)C2O)[C@H](O[C@@H]2OC(COCCCC)[C@@H](OCCCC)C(OCCCC)[C@@H]2OCCCC)C1OCCCC. The number of hydrogen-bond donors (Lipinski definition) is 2. The molecular weight excluding hydrogens is 1190 g/mol. The number of unbranched alkanes of at least 4 members (excludes halogenated alkanes) is 11. The Bertz CT molecular complexity index is 1730. The molecule has 21 nitrogen and oxygen atoms in total. The molecule has 8 unspecified atom stereocenters. The zero-order valence-corrected chi connectivity index (χ0v) is 59.4. The van der Waals surface area contributed by atoms with Gasteiger partial charge in [-0.05, 0) is 70.6 Å². The van der Waals surface area contributed by atoms with Crippen molar-refractivity contribution in [3.63, 3.8) is 0 Å². The van der Waals surface area contributed by atoms with E-state index in [9.17, 15) is 10.2 Å². The van der Waals surface area contributed by atoms with Crippen molar-refractivity contribution in [3.8, 4) is 0 Å². The smallest absolute Gasteiger partial charge is 0.187 e. The van der Waals surface area contributed by atoms with E-state index in [-0.39, 0.29) is 33.0 Å². The van der Waals surface area contributed by atoms with E-state index >= 15 is 0 Å². The second-order valence-corrected chi connectivity index (χ2v) is 25.1. The Labute approximate surface area is 556 Å². The van der Waals surface area contributed by atoms with Crippen LogP contribution in [0, 0.1) is 0 Å². The van der Waals surface area contributed by atoms with E-state index in [1.807, 2.05) is 0 Å². The molecule has 0 amide bonds. The Morgan fingerprint density at radius 1 is 0.272 bits per heavy atom. The van der Waals surface area contributed by atoms with Crippen molar-refractivity contribution in [1.82, 2.24) is 0 Å². The summed E-state index contributed by atoms with van der Waals surface area (Å²) in [5.74, 6) is 0. The highest BCUT2D eigenvalue weighted by molar-refractivity contribution is 5.01. The average molecular weight is 1320 g/mol. The van der Waals surface area contributed by atoms with Crippen LogP contribution in [-0.4, -0.2) is 239 Å². The van der Waals surface area contributed by atoms with Crippen molar-refractivity contribution in [3.05, 3.63) is 12.7 Å². The van der Waals surface area contributed by atoms with Crippen molar-refractivity contribution >= 4 is 0 Å². The predicted octanol–water partition coefficient (Wildman–Crippen LogP) is 11.5. The highest BCUT2D eigenvalue weighted by Crippen LogP contribution is 2.39. The van der Waals surface area contributed by atoms with Gasteiger partial charge < -0.3 is 100 Å². The Morgan fingerprint density at radius 2 is 0.554 bits per heavy atom. The maximum absolute atomic E-state index is 13.0. The van der Waals surface area contributed by atoms with Gasteiger partial charge in [-0.15, -0.1) is 6.58 Å². The van der Waals surface area contributed by atoms with E-state index in [0.717, 1.165) is 135 Å². The first-order chi connectivity index (χ1) is 45.1. The van der Waals surface area contributed by atoms with Gasteiger partial charge in [-0.2, -0.15) is 0 Å². The van der Waals surface area contributed by atoms with Crippen molar-refractivity contribution in [1.29, 1.82) is 0 Å². The Kier molecular flexibility index (Phi) is 47.1. The van der Waals surface area contributed by atoms with Crippen LogP contribution in [0.2, 0.25) is 0 Å². The molecule has 4 saturated heterocycles. The van der Waals surface area contributed by atoms with Crippen molar-refractivity contribution < 1.29 is 100 Å². The van der Waals surface area contributed by atoms with Gasteiger partial charge in [0.05, 0.1) is 33.0 Å². The molecule has 0 aliphatic carbocycles. The summed E-state index contributed by atoms with van der Waals surface area (Å²) in [6, 6.07) is 0. The van der Waals surface area contributed by atoms with Gasteiger partial charge in [0.1, 0.15) is 97.7 Å². The summed E-state index contributed by atoms with van der Waals surface area (Å²) in [6.07, 6.45) is 1.05. The first-order valence-corrected chi connectivity index (χ1v) is 36.9. The van der Waals surface area contributed by atoms with Crippen LogP contribution < -0.4 is 0 Å². The molecule has 21 heteroatoms. The third kappa shape index (κ3) is 29.0. The third-order valence-corrected chi connectivity index (χ3v) is 17.0. The molecular formula is C71H134O21. The standard InChI is InChI=1S/C71H134O21/c1-13-25-37-74-48-52-58(77-40-28-16-4)62(80-43-31-19-7)56(72)68(87-52)86-51-55-61(91-69-57(73)63(81-44-32-20-8)59(78-41-29-17-5)53(88-69)49-75-38-26-14-2)65(67(84-47-35-23-11)70(89-55)85-36-24-12)92-71-66(83-46-34-22-10)64(82-45-33-21-9)60(79-42-30-18-6)54(90-71)50-76-39-27-15-3/h24,52-73H,12-23,25-51H2,1-11H3/t52?,53?,54?,55?,56-,57?,58+,59+,60+,61+,62?,63+,64?,65-,66-,67?,68+,69-,70-,71-/m0/s1. The van der Waals surface area contributed by atoms with E-state index in [4.69, 9.17) is 90.0 Å². The van der Waals surface area contributed by atoms with Crippen molar-refractivity contribution in [2.24, 2.45) is 0 Å². The summed E-state index contributed by atoms with van der Waals surface area (Å²) in [5.41, 5.74) is 0. The molecule has 0 aromatic carbocycles. The molecule has 0 bridgehead atoms. The number of hydrogen-bond acceptors (Lipinski definition) is 21. The van der Waals surface area contributed by atoms with E-state index in [2.05, 4.69) is 82.7 Å². The van der Waals surface area contributed by atoms with Crippen LogP contribution in [0.15, 0.2) is 12.7 Å². The minimum absolute atomic E-state index is 0.0782. The fourth-order valence-corrected chi connectivity index (χ4v) is 11.3. The molecule has 4 aliphatic rings. The molecule has 544 valence electrons. The maximum Gasteiger partial charge on any atom is 0.187 e. The van der Waals surface area contributed by atoms with Crippen LogP contribution in [0.1, 0.15) is 217 Å². The first kappa shape index (κ1) is 83.3. The normalized spacial score (nSPS) is 32.0. The van der Waals surface area contributed by atoms with Crippen LogP contribution in [0.5, 0.6) is 0 Å². The van der Waals surface area contributed by atoms with Crippen LogP contribution in [0.4, 0.5) is 0 Å². The maximum atomic E-state index is 13.0. The lowest BCUT2D eigenvalue weighted by atomic mass is 9.95. The number of aliphatic hydroxyl groups is 2. The average Bonchev–Trinajstić information content (AvgIpc) is 0.776. The second-order valence-electron chi connectivity index (χ2n) is 25.1. The molecule has 2 N–H and O–H groups in total. The largest absolute Gasteiger partial charge is 0.385 e. The van der Waals surface area contributed by atoms with Crippen molar-refractivity contribution in [2.45, 2.75) is 340 Å². The molecule has 4 aliphatic heterocycles. The fraction of sp³-hybridized carbons (Fsp3) is 0.972. The van der Waals surface area contributed by atoms with Gasteiger partial charge in [0.2, 0.25) is 0 Å². The third-order valence-electron chi connectivity index (χ3n) is 17.0. The van der Waals surface area contributed by atoms with Gasteiger partial charge in [-0.25, -0.2) is 0 Å². The van der Waals surface area contributed by atoms with Gasteiger partial charge >= 0.3 is 0 Å². The molecule has 4 rings (SSSR count). The lowest BCUT2D eigenvalue weighted by molar-refractivity contribution is -0.399. The summed E-state index contributed by atoms with van der Waals surface area (Å²) in [6.45, 7) is 32.4. The van der Waals surface area contributed by atoms with E-state index < -0.39 is 123 Å². The molecule has 92 heavy (non-hydrogen) atoms. The molecule has 0 radical (unpaired) electrons. The summed E-state index contributed by atoms with van der Waals surface area (Å²) >= 11 is 0. The summed E-state index contributed by atoms with van der Waals surface area (Å²) in [7, 11) is 0. The summed E-state index contributed by atoms with van der Waals surface area (Å²) in [4.78, 5) is 0. The van der Waals surface area contributed by atoms with E-state index in [1.165, 1.54) is 0 Å². The van der Waals surface area contributed by atoms with E-state index in [1.54, 1.807) is 6.08 Å². The van der Waals surface area contributed by atoms with Crippen LogP contribution in [0.3, 0.4) is 0 Å². The Hall–Kier alpha value is -1.10. The minimum atomic E-state index is -1.40. The number of rotatable bonds is 57. The lowest BCUT2D eigenvalue weighted by Crippen LogP contribution is -2.69. The highest BCUT2D eigenvalue weighted by Gasteiger charge is 2.58. The van der Waals surface area contributed by atoms with Crippen LogP contribution >= 0.6 is 0 Å². The van der Waals surface area contributed by atoms with Crippen molar-refractivity contribution in [2.75, 3.05) is 106 Å². The number of aliphatic hydroxyl groups excluding tert-OH is 2. The zero-order valence-electron chi connectivity index (χ0n) is 59.4. The molecule has 0 aromatic heterocycles. The Balaban J connectivity index is 2.02. The summed E-state index contributed by atoms with van der Waals surface area (Å²) in [5, 5.41) is 25.5. The van der Waals surface area contributed by atoms with Gasteiger partial charge in [0.25, 0.3) is 0 Å². The van der Waals surface area contributed by atoms with Gasteiger partial charge in [0.15, 0.2) is 25.2 Å². The first-order valence-electron chi connectivity index (χ1n) is 36.9. The highest BCUT2D eigenvalue weighted by atomic mass is 16.8. The lowest BCUT2D eigenvalue weighted by Gasteiger charge is -2.52. The van der Waals surface area contributed by atoms with E-state index in [0.29, 0.717) is 79.1 Å². The molecule has 0 aromatic rings. The summed E-state index contributed by atoms with van der Waals surface area (Å²) < 4.78 is 130. The minimum Gasteiger partial charge on any atom is -0.385 e. The zero-order chi connectivity index (χ0) is 66.6. The molecule has 20 atom stereocenters. The second kappa shape index (κ2) is 52.0. The quantitative estimate of drug-likeness (QED) is 0.0427.